The molecule has 114 valence electrons. The minimum atomic E-state index is -3.18. The molecule has 0 unspecified atom stereocenters. The first-order valence-corrected chi connectivity index (χ1v) is 8.51. The fourth-order valence-corrected chi connectivity index (χ4v) is 2.06. The smallest absolute Gasteiger partial charge is 0.208 e. The maximum absolute atomic E-state index is 11.0. The molecule has 0 aromatic carbocycles. The molecule has 0 aliphatic heterocycles. The van der Waals surface area contributed by atoms with Crippen molar-refractivity contribution in [3.63, 3.8) is 0 Å². The first kappa shape index (κ1) is 17.1. The molecule has 0 aliphatic carbocycles. The normalized spacial score (nSPS) is 12.5. The average Bonchev–Trinajstić information content (AvgIpc) is 2.26. The second-order valence-electron chi connectivity index (χ2n) is 5.65. The van der Waals surface area contributed by atoms with Crippen LogP contribution >= 0.6 is 11.6 Å². The van der Waals surface area contributed by atoms with Crippen molar-refractivity contribution in [3.05, 3.63) is 16.5 Å². The van der Waals surface area contributed by atoms with E-state index in [-0.39, 0.29) is 12.0 Å². The number of hydrogen-bond acceptors (Lipinski definition) is 5. The van der Waals surface area contributed by atoms with Crippen LogP contribution in [0.3, 0.4) is 0 Å². The number of aromatic nitrogens is 2. The summed E-state index contributed by atoms with van der Waals surface area (Å²) in [5.74, 6) is 1.27. The third kappa shape index (κ3) is 5.22. The Bertz CT molecular complexity index is 582. The van der Waals surface area contributed by atoms with E-state index in [1.807, 2.05) is 27.7 Å². The Morgan fingerprint density at radius 1 is 1.20 bits per heavy atom. The first-order chi connectivity index (χ1) is 9.00. The molecule has 1 aromatic heterocycles. The van der Waals surface area contributed by atoms with E-state index in [1.165, 1.54) is 0 Å². The molecule has 1 rings (SSSR count). The minimum Gasteiger partial charge on any atom is -0.368 e. The van der Waals surface area contributed by atoms with Crippen molar-refractivity contribution in [2.45, 2.75) is 33.1 Å². The van der Waals surface area contributed by atoms with Gasteiger partial charge in [-0.05, 0) is 6.92 Å². The molecule has 0 radical (unpaired) electrons. The van der Waals surface area contributed by atoms with E-state index in [4.69, 9.17) is 11.6 Å². The van der Waals surface area contributed by atoms with Crippen molar-refractivity contribution in [2.24, 2.45) is 0 Å². The van der Waals surface area contributed by atoms with Crippen molar-refractivity contribution in [3.8, 4) is 0 Å². The Hall–Kier alpha value is -0.920. The number of halogens is 1. The van der Waals surface area contributed by atoms with Crippen LogP contribution in [0, 0.1) is 6.92 Å². The van der Waals surface area contributed by atoms with Gasteiger partial charge in [-0.2, -0.15) is 0 Å². The van der Waals surface area contributed by atoms with Crippen molar-refractivity contribution >= 4 is 27.4 Å². The molecule has 0 bridgehead atoms. The van der Waals surface area contributed by atoms with Crippen molar-refractivity contribution in [2.75, 3.05) is 24.7 Å². The molecule has 20 heavy (non-hydrogen) atoms. The van der Waals surface area contributed by atoms with Crippen LogP contribution in [0.4, 0.5) is 5.82 Å². The maximum Gasteiger partial charge on any atom is 0.208 e. The minimum absolute atomic E-state index is 0.210. The molecule has 0 saturated carbocycles. The van der Waals surface area contributed by atoms with Gasteiger partial charge in [0, 0.05) is 24.1 Å². The molecular formula is C12H21ClN4O2S. The third-order valence-corrected chi connectivity index (χ3v) is 3.64. The summed E-state index contributed by atoms with van der Waals surface area (Å²) in [7, 11) is -3.18. The molecule has 8 heteroatoms. The predicted octanol–water partition coefficient (Wildman–Crippen LogP) is 1.70. The van der Waals surface area contributed by atoms with Crippen LogP contribution in [-0.4, -0.2) is 37.7 Å². The van der Waals surface area contributed by atoms with Gasteiger partial charge < -0.3 is 5.32 Å². The zero-order valence-electron chi connectivity index (χ0n) is 12.4. The first-order valence-electron chi connectivity index (χ1n) is 6.24. The maximum atomic E-state index is 11.0. The molecule has 0 amide bonds. The second kappa shape index (κ2) is 6.24. The fourth-order valence-electron chi connectivity index (χ4n) is 1.41. The molecule has 0 saturated heterocycles. The van der Waals surface area contributed by atoms with Gasteiger partial charge in [0.05, 0.1) is 6.26 Å². The van der Waals surface area contributed by atoms with Crippen LogP contribution in [-0.2, 0) is 15.4 Å². The predicted molar refractivity (Wildman–Crippen MR) is 81.8 cm³/mol. The van der Waals surface area contributed by atoms with Crippen molar-refractivity contribution < 1.29 is 8.42 Å². The van der Waals surface area contributed by atoms with Crippen molar-refractivity contribution in [1.82, 2.24) is 14.7 Å². The average molecular weight is 321 g/mol. The Balaban J connectivity index is 2.82. The monoisotopic (exact) mass is 320 g/mol. The van der Waals surface area contributed by atoms with E-state index >= 15 is 0 Å². The van der Waals surface area contributed by atoms with Gasteiger partial charge in [0.2, 0.25) is 10.0 Å². The summed E-state index contributed by atoms with van der Waals surface area (Å²) in [6.45, 7) is 8.53. The summed E-state index contributed by atoms with van der Waals surface area (Å²) < 4.78 is 24.3. The van der Waals surface area contributed by atoms with Gasteiger partial charge in [0.15, 0.2) is 0 Å². The number of sulfonamides is 1. The molecule has 0 spiro atoms. The summed E-state index contributed by atoms with van der Waals surface area (Å²) in [6.07, 6.45) is 1.12. The lowest BCUT2D eigenvalue weighted by Crippen LogP contribution is -2.28. The standard InChI is InChI=1S/C12H21ClN4O2S/c1-8-9(13)16-11(12(2,3)4)17-10(8)14-6-7-15-20(5,18)19/h15H,6-7H2,1-5H3,(H,14,16,17). The Morgan fingerprint density at radius 3 is 2.30 bits per heavy atom. The number of rotatable bonds is 5. The number of hydrogen-bond donors (Lipinski definition) is 2. The van der Waals surface area contributed by atoms with Gasteiger partial charge >= 0.3 is 0 Å². The molecule has 1 aromatic rings. The van der Waals surface area contributed by atoms with Crippen LogP contribution in [0.25, 0.3) is 0 Å². The van der Waals surface area contributed by atoms with Crippen LogP contribution in [0.1, 0.15) is 32.2 Å². The summed E-state index contributed by atoms with van der Waals surface area (Å²) in [5, 5.41) is 3.48. The highest BCUT2D eigenvalue weighted by Gasteiger charge is 2.20. The van der Waals surface area contributed by atoms with Gasteiger partial charge in [-0.25, -0.2) is 23.1 Å². The largest absolute Gasteiger partial charge is 0.368 e. The molecule has 6 nitrogen and oxygen atoms in total. The lowest BCUT2D eigenvalue weighted by atomic mass is 9.95. The topological polar surface area (TPSA) is 84.0 Å². The van der Waals surface area contributed by atoms with Crippen LogP contribution in [0.15, 0.2) is 0 Å². The van der Waals surface area contributed by atoms with E-state index in [0.717, 1.165) is 11.8 Å². The second-order valence-corrected chi connectivity index (χ2v) is 7.85. The number of nitrogens with one attached hydrogen (secondary N) is 2. The molecule has 1 heterocycles. The van der Waals surface area contributed by atoms with E-state index in [2.05, 4.69) is 20.0 Å². The summed E-state index contributed by atoms with van der Waals surface area (Å²) in [5.41, 5.74) is 0.540. The van der Waals surface area contributed by atoms with Crippen molar-refractivity contribution in [1.29, 1.82) is 0 Å². The summed E-state index contributed by atoms with van der Waals surface area (Å²) >= 11 is 6.11. The Labute approximate surface area is 125 Å². The van der Waals surface area contributed by atoms with Crippen LogP contribution in [0.5, 0.6) is 0 Å². The van der Waals surface area contributed by atoms with Gasteiger partial charge in [-0.15, -0.1) is 0 Å². The number of nitrogens with zero attached hydrogens (tertiary/aromatic N) is 2. The van der Waals surface area contributed by atoms with Crippen LogP contribution in [0.2, 0.25) is 5.15 Å². The van der Waals surface area contributed by atoms with Gasteiger partial charge in [-0.3, -0.25) is 0 Å². The molecule has 2 N–H and O–H groups in total. The molecular weight excluding hydrogens is 300 g/mol. The third-order valence-electron chi connectivity index (χ3n) is 2.54. The lowest BCUT2D eigenvalue weighted by Gasteiger charge is -2.19. The SMILES string of the molecule is Cc1c(Cl)nc(C(C)(C)C)nc1NCCNS(C)(=O)=O. The molecule has 0 fully saturated rings. The highest BCUT2D eigenvalue weighted by atomic mass is 35.5. The van der Waals surface area contributed by atoms with Gasteiger partial charge in [0.1, 0.15) is 16.8 Å². The zero-order valence-corrected chi connectivity index (χ0v) is 14.0. The summed E-state index contributed by atoms with van der Waals surface area (Å²) in [6, 6.07) is 0. The van der Waals surface area contributed by atoms with Gasteiger partial charge in [0.25, 0.3) is 0 Å². The number of anilines is 1. The Morgan fingerprint density at radius 2 is 1.80 bits per heavy atom. The lowest BCUT2D eigenvalue weighted by molar-refractivity contribution is 0.545. The zero-order chi connectivity index (χ0) is 15.6. The molecule has 0 atom stereocenters. The highest BCUT2D eigenvalue weighted by molar-refractivity contribution is 7.88. The summed E-state index contributed by atoms with van der Waals surface area (Å²) in [4.78, 5) is 8.73. The van der Waals surface area contributed by atoms with Crippen LogP contribution < -0.4 is 10.0 Å². The fraction of sp³-hybridized carbons (Fsp3) is 0.667. The van der Waals surface area contributed by atoms with E-state index in [1.54, 1.807) is 0 Å². The quantitative estimate of drug-likeness (QED) is 0.637. The molecule has 0 aliphatic rings. The van der Waals surface area contributed by atoms with E-state index in [0.29, 0.717) is 23.3 Å². The highest BCUT2D eigenvalue weighted by Crippen LogP contribution is 2.25. The van der Waals surface area contributed by atoms with E-state index < -0.39 is 10.0 Å². The van der Waals surface area contributed by atoms with E-state index in [9.17, 15) is 8.42 Å². The Kier molecular flexibility index (Phi) is 5.34. The van der Waals surface area contributed by atoms with Gasteiger partial charge in [-0.1, -0.05) is 32.4 Å².